The van der Waals surface area contributed by atoms with Crippen molar-refractivity contribution in [2.45, 2.75) is 12.7 Å². The normalized spacial score (nSPS) is 11.5. The lowest BCUT2D eigenvalue weighted by atomic mass is 10.1. The van der Waals surface area contributed by atoms with Crippen LogP contribution in [0.15, 0.2) is 54.6 Å². The number of nitrogens with two attached hydrogens (primary N) is 1. The first-order chi connectivity index (χ1) is 8.79. The van der Waals surface area contributed by atoms with Gasteiger partial charge in [-0.15, -0.1) is 12.4 Å². The Bertz CT molecular complexity index is 491. The van der Waals surface area contributed by atoms with Crippen LogP contribution in [-0.2, 0) is 6.61 Å². The van der Waals surface area contributed by atoms with Crippen molar-refractivity contribution < 1.29 is 9.84 Å². The number of hydrogen-bond acceptors (Lipinski definition) is 3. The second kappa shape index (κ2) is 7.79. The highest BCUT2D eigenvalue weighted by molar-refractivity contribution is 5.85. The molecular formula is C15H18ClNO2. The van der Waals surface area contributed by atoms with Crippen molar-refractivity contribution in [3.63, 3.8) is 0 Å². The summed E-state index contributed by atoms with van der Waals surface area (Å²) < 4.78 is 5.68. The van der Waals surface area contributed by atoms with Crippen LogP contribution in [0.1, 0.15) is 17.2 Å². The lowest BCUT2D eigenvalue weighted by Gasteiger charge is -2.11. The molecule has 4 heteroatoms. The van der Waals surface area contributed by atoms with Crippen LogP contribution in [0.3, 0.4) is 0 Å². The minimum Gasteiger partial charge on any atom is -0.489 e. The van der Waals surface area contributed by atoms with Gasteiger partial charge in [0.2, 0.25) is 0 Å². The van der Waals surface area contributed by atoms with E-state index in [1.165, 1.54) is 0 Å². The molecule has 0 aliphatic rings. The Kier molecular flexibility index (Phi) is 6.36. The molecular weight excluding hydrogens is 262 g/mol. The van der Waals surface area contributed by atoms with Gasteiger partial charge >= 0.3 is 0 Å². The summed E-state index contributed by atoms with van der Waals surface area (Å²) in [6, 6.07) is 17.3. The first-order valence-electron chi connectivity index (χ1n) is 5.94. The Labute approximate surface area is 119 Å². The second-order valence-corrected chi connectivity index (χ2v) is 4.10. The van der Waals surface area contributed by atoms with Gasteiger partial charge in [0.15, 0.2) is 0 Å². The molecule has 0 aliphatic carbocycles. The van der Waals surface area contributed by atoms with Crippen molar-refractivity contribution >= 4 is 12.4 Å². The molecule has 0 amide bonds. The maximum Gasteiger partial charge on any atom is 0.120 e. The summed E-state index contributed by atoms with van der Waals surface area (Å²) in [6.45, 7) is 0.727. The van der Waals surface area contributed by atoms with E-state index >= 15 is 0 Å². The van der Waals surface area contributed by atoms with Gasteiger partial charge in [-0.25, -0.2) is 0 Å². The highest BCUT2D eigenvalue weighted by atomic mass is 35.5. The van der Waals surface area contributed by atoms with Gasteiger partial charge in [0.05, 0.1) is 6.10 Å². The van der Waals surface area contributed by atoms with Crippen LogP contribution in [0.4, 0.5) is 0 Å². The van der Waals surface area contributed by atoms with Crippen molar-refractivity contribution in [3.8, 4) is 5.75 Å². The Hall–Kier alpha value is -1.55. The molecule has 0 aliphatic heterocycles. The minimum atomic E-state index is -0.634. The number of aliphatic hydroxyl groups excluding tert-OH is 1. The Morgan fingerprint density at radius 1 is 1.05 bits per heavy atom. The molecule has 1 atom stereocenters. The lowest BCUT2D eigenvalue weighted by Crippen LogP contribution is -2.11. The summed E-state index contributed by atoms with van der Waals surface area (Å²) in [5, 5.41) is 9.66. The Morgan fingerprint density at radius 2 is 1.79 bits per heavy atom. The van der Waals surface area contributed by atoms with Crippen molar-refractivity contribution in [1.29, 1.82) is 0 Å². The van der Waals surface area contributed by atoms with E-state index in [1.807, 2.05) is 54.6 Å². The van der Waals surface area contributed by atoms with E-state index in [2.05, 4.69) is 0 Å². The molecule has 0 spiro atoms. The fourth-order valence-electron chi connectivity index (χ4n) is 1.69. The zero-order valence-electron chi connectivity index (χ0n) is 10.5. The zero-order valence-corrected chi connectivity index (χ0v) is 11.3. The first-order valence-corrected chi connectivity index (χ1v) is 5.94. The summed E-state index contributed by atoms with van der Waals surface area (Å²) in [7, 11) is 0. The Morgan fingerprint density at radius 3 is 2.47 bits per heavy atom. The topological polar surface area (TPSA) is 55.5 Å². The highest BCUT2D eigenvalue weighted by Gasteiger charge is 2.05. The largest absolute Gasteiger partial charge is 0.489 e. The van der Waals surface area contributed by atoms with Crippen molar-refractivity contribution in [2.75, 3.05) is 6.54 Å². The summed E-state index contributed by atoms with van der Waals surface area (Å²) in [6.07, 6.45) is -0.634. The summed E-state index contributed by atoms with van der Waals surface area (Å²) in [5.74, 6) is 0.740. The second-order valence-electron chi connectivity index (χ2n) is 4.10. The minimum absolute atomic E-state index is 0. The quantitative estimate of drug-likeness (QED) is 0.885. The van der Waals surface area contributed by atoms with Crippen LogP contribution in [0.25, 0.3) is 0 Å². The highest BCUT2D eigenvalue weighted by Crippen LogP contribution is 2.19. The van der Waals surface area contributed by atoms with E-state index in [1.54, 1.807) is 0 Å². The molecule has 0 aromatic heterocycles. The standard InChI is InChI=1S/C15H17NO2.ClH/c16-10-15(17)13-7-4-8-14(9-13)18-11-12-5-2-1-3-6-12;/h1-9,15,17H,10-11,16H2;1H. The van der Waals surface area contributed by atoms with Crippen LogP contribution in [-0.4, -0.2) is 11.7 Å². The molecule has 0 heterocycles. The predicted octanol–water partition coefficient (Wildman–Crippen LogP) is 2.68. The third-order valence-electron chi connectivity index (χ3n) is 2.71. The lowest BCUT2D eigenvalue weighted by molar-refractivity contribution is 0.186. The van der Waals surface area contributed by atoms with Gasteiger partial charge in [0, 0.05) is 6.54 Å². The molecule has 2 rings (SSSR count). The monoisotopic (exact) mass is 279 g/mol. The first kappa shape index (κ1) is 15.5. The number of hydrogen-bond donors (Lipinski definition) is 2. The SMILES string of the molecule is Cl.NCC(O)c1cccc(OCc2ccccc2)c1. The molecule has 19 heavy (non-hydrogen) atoms. The molecule has 0 saturated heterocycles. The number of aliphatic hydroxyl groups is 1. The van der Waals surface area contributed by atoms with Crippen molar-refractivity contribution in [3.05, 3.63) is 65.7 Å². The molecule has 2 aromatic carbocycles. The van der Waals surface area contributed by atoms with Crippen molar-refractivity contribution in [2.24, 2.45) is 5.73 Å². The van der Waals surface area contributed by atoms with E-state index in [0.717, 1.165) is 16.9 Å². The molecule has 1 unspecified atom stereocenters. The number of ether oxygens (including phenoxy) is 1. The van der Waals surface area contributed by atoms with E-state index in [0.29, 0.717) is 6.61 Å². The van der Waals surface area contributed by atoms with Crippen LogP contribution >= 0.6 is 12.4 Å². The molecule has 102 valence electrons. The van der Waals surface area contributed by atoms with E-state index in [9.17, 15) is 5.11 Å². The molecule has 2 aromatic rings. The molecule has 0 fully saturated rings. The maximum absolute atomic E-state index is 9.66. The van der Waals surface area contributed by atoms with Gasteiger partial charge in [-0.2, -0.15) is 0 Å². The van der Waals surface area contributed by atoms with Gasteiger partial charge in [-0.05, 0) is 23.3 Å². The molecule has 0 bridgehead atoms. The van der Waals surface area contributed by atoms with Crippen LogP contribution in [0, 0.1) is 0 Å². The van der Waals surface area contributed by atoms with Crippen LogP contribution in [0.2, 0.25) is 0 Å². The third kappa shape index (κ3) is 4.56. The van der Waals surface area contributed by atoms with Crippen LogP contribution in [0.5, 0.6) is 5.75 Å². The average Bonchev–Trinajstić information content (AvgIpc) is 2.45. The number of rotatable bonds is 5. The fourth-order valence-corrected chi connectivity index (χ4v) is 1.69. The van der Waals surface area contributed by atoms with Gasteiger partial charge in [-0.3, -0.25) is 0 Å². The fraction of sp³-hybridized carbons (Fsp3) is 0.200. The predicted molar refractivity (Wildman–Crippen MR) is 78.5 cm³/mol. The Balaban J connectivity index is 0.00000180. The summed E-state index contributed by atoms with van der Waals surface area (Å²) in [4.78, 5) is 0. The summed E-state index contributed by atoms with van der Waals surface area (Å²) >= 11 is 0. The molecule has 3 nitrogen and oxygen atoms in total. The zero-order chi connectivity index (χ0) is 12.8. The van der Waals surface area contributed by atoms with Gasteiger partial charge in [0.25, 0.3) is 0 Å². The number of benzene rings is 2. The van der Waals surface area contributed by atoms with E-state index in [-0.39, 0.29) is 19.0 Å². The smallest absolute Gasteiger partial charge is 0.120 e. The van der Waals surface area contributed by atoms with Gasteiger partial charge in [-0.1, -0.05) is 42.5 Å². The van der Waals surface area contributed by atoms with E-state index < -0.39 is 6.10 Å². The van der Waals surface area contributed by atoms with Gasteiger partial charge < -0.3 is 15.6 Å². The average molecular weight is 280 g/mol. The maximum atomic E-state index is 9.66. The van der Waals surface area contributed by atoms with Gasteiger partial charge in [0.1, 0.15) is 12.4 Å². The molecule has 0 saturated carbocycles. The number of halogens is 1. The van der Waals surface area contributed by atoms with E-state index in [4.69, 9.17) is 10.5 Å². The van der Waals surface area contributed by atoms with Crippen molar-refractivity contribution in [1.82, 2.24) is 0 Å². The molecule has 3 N–H and O–H groups in total. The molecule has 0 radical (unpaired) electrons. The summed E-state index contributed by atoms with van der Waals surface area (Å²) in [5.41, 5.74) is 7.32. The van der Waals surface area contributed by atoms with Crippen LogP contribution < -0.4 is 10.5 Å². The third-order valence-corrected chi connectivity index (χ3v) is 2.71.